The Labute approximate surface area is 72.0 Å². The maximum absolute atomic E-state index is 9.57. The van der Waals surface area contributed by atoms with Gasteiger partial charge in [-0.3, -0.25) is 0 Å². The molecule has 12 heavy (non-hydrogen) atoms. The second-order valence-corrected chi connectivity index (χ2v) is 2.91. The molecule has 0 saturated heterocycles. The molecule has 0 aliphatic heterocycles. The minimum atomic E-state index is 0.148. The van der Waals surface area contributed by atoms with Gasteiger partial charge in [-0.25, -0.2) is 4.98 Å². The molecule has 1 rings (SSSR count). The first kappa shape index (κ1) is 8.84. The molecular weight excluding hydrogens is 154 g/mol. The lowest BCUT2D eigenvalue weighted by Crippen LogP contribution is -1.93. The first-order valence-corrected chi connectivity index (χ1v) is 3.88. The third-order valence-corrected chi connectivity index (χ3v) is 1.74. The minimum Gasteiger partial charge on any atom is -0.503 e. The quantitative estimate of drug-likeness (QED) is 0.731. The highest BCUT2D eigenvalue weighted by Gasteiger charge is 2.10. The van der Waals surface area contributed by atoms with Crippen molar-refractivity contribution in [1.29, 1.82) is 0 Å². The fourth-order valence-corrected chi connectivity index (χ4v) is 1.06. The van der Waals surface area contributed by atoms with Gasteiger partial charge in [0.15, 0.2) is 5.75 Å². The van der Waals surface area contributed by atoms with Gasteiger partial charge in [0.1, 0.15) is 0 Å². The fraction of sp³-hybridized carbons (Fsp3) is 0.444. The van der Waals surface area contributed by atoms with Crippen molar-refractivity contribution in [2.45, 2.75) is 19.8 Å². The fourth-order valence-electron chi connectivity index (χ4n) is 1.06. The van der Waals surface area contributed by atoms with E-state index in [4.69, 9.17) is 4.74 Å². The molecule has 0 radical (unpaired) electrons. The molecule has 66 valence electrons. The van der Waals surface area contributed by atoms with E-state index in [1.165, 1.54) is 7.11 Å². The molecule has 0 aliphatic rings. The molecule has 1 aromatic rings. The maximum atomic E-state index is 9.57. The SMILES string of the molecule is COc1nccc(C(C)C)c1O. The third kappa shape index (κ3) is 1.49. The molecule has 0 saturated carbocycles. The van der Waals surface area contributed by atoms with Gasteiger partial charge < -0.3 is 9.84 Å². The van der Waals surface area contributed by atoms with E-state index in [2.05, 4.69) is 4.98 Å². The van der Waals surface area contributed by atoms with Gasteiger partial charge in [0.05, 0.1) is 7.11 Å². The van der Waals surface area contributed by atoms with Crippen LogP contribution in [0.3, 0.4) is 0 Å². The Hall–Kier alpha value is -1.25. The number of aromatic hydroxyl groups is 1. The van der Waals surface area contributed by atoms with Gasteiger partial charge >= 0.3 is 0 Å². The molecule has 3 nitrogen and oxygen atoms in total. The van der Waals surface area contributed by atoms with E-state index in [1.54, 1.807) is 12.3 Å². The molecule has 0 aliphatic carbocycles. The molecule has 0 unspecified atom stereocenters. The molecule has 1 heterocycles. The van der Waals surface area contributed by atoms with Crippen molar-refractivity contribution >= 4 is 0 Å². The van der Waals surface area contributed by atoms with Crippen molar-refractivity contribution in [2.24, 2.45) is 0 Å². The van der Waals surface area contributed by atoms with Crippen molar-refractivity contribution in [3.63, 3.8) is 0 Å². The summed E-state index contributed by atoms with van der Waals surface area (Å²) in [5.41, 5.74) is 0.863. The van der Waals surface area contributed by atoms with Gasteiger partial charge in [-0.1, -0.05) is 13.8 Å². The summed E-state index contributed by atoms with van der Waals surface area (Å²) < 4.78 is 4.87. The Balaban J connectivity index is 3.14. The average molecular weight is 167 g/mol. The maximum Gasteiger partial charge on any atom is 0.256 e. The van der Waals surface area contributed by atoms with Crippen molar-refractivity contribution in [3.8, 4) is 11.6 Å². The lowest BCUT2D eigenvalue weighted by atomic mass is 10.0. The molecule has 3 heteroatoms. The highest BCUT2D eigenvalue weighted by Crippen LogP contribution is 2.31. The van der Waals surface area contributed by atoms with Gasteiger partial charge in [-0.05, 0) is 12.0 Å². The molecule has 0 amide bonds. The van der Waals surface area contributed by atoms with Crippen molar-refractivity contribution < 1.29 is 9.84 Å². The van der Waals surface area contributed by atoms with E-state index in [9.17, 15) is 5.11 Å². The van der Waals surface area contributed by atoms with Crippen molar-refractivity contribution in [1.82, 2.24) is 4.98 Å². The number of methoxy groups -OCH3 is 1. The first-order valence-electron chi connectivity index (χ1n) is 3.88. The molecule has 0 atom stereocenters. The number of rotatable bonds is 2. The standard InChI is InChI=1S/C9H13NO2/c1-6(2)7-4-5-10-9(12-3)8(7)11/h4-6,11H,1-3H3. The van der Waals surface area contributed by atoms with E-state index in [0.717, 1.165) is 5.56 Å². The Morgan fingerprint density at radius 3 is 2.67 bits per heavy atom. The Bertz CT molecular complexity index is 271. The van der Waals surface area contributed by atoms with Crippen LogP contribution in [0.15, 0.2) is 12.3 Å². The first-order chi connectivity index (χ1) is 5.66. The largest absolute Gasteiger partial charge is 0.503 e. The van der Waals surface area contributed by atoms with Crippen LogP contribution in [0, 0.1) is 0 Å². The number of aromatic nitrogens is 1. The topological polar surface area (TPSA) is 42.4 Å². The van der Waals surface area contributed by atoms with E-state index in [-0.39, 0.29) is 11.7 Å². The van der Waals surface area contributed by atoms with Gasteiger partial charge in [-0.2, -0.15) is 0 Å². The van der Waals surface area contributed by atoms with Crippen molar-refractivity contribution in [3.05, 3.63) is 17.8 Å². The average Bonchev–Trinajstić information content (AvgIpc) is 2.04. The summed E-state index contributed by atoms with van der Waals surface area (Å²) in [5.74, 6) is 0.720. The molecule has 0 spiro atoms. The van der Waals surface area contributed by atoms with Crippen LogP contribution in [-0.4, -0.2) is 17.2 Å². The second-order valence-electron chi connectivity index (χ2n) is 2.91. The van der Waals surface area contributed by atoms with Crippen LogP contribution < -0.4 is 4.74 Å². The molecule has 0 fully saturated rings. The van der Waals surface area contributed by atoms with Gasteiger partial charge in [0.2, 0.25) is 0 Å². The Kier molecular flexibility index (Phi) is 2.53. The number of nitrogens with zero attached hydrogens (tertiary/aromatic N) is 1. The number of hydrogen-bond acceptors (Lipinski definition) is 3. The summed E-state index contributed by atoms with van der Waals surface area (Å²) in [5, 5.41) is 9.57. The summed E-state index contributed by atoms with van der Waals surface area (Å²) in [7, 11) is 1.49. The van der Waals surface area contributed by atoms with Crippen molar-refractivity contribution in [2.75, 3.05) is 7.11 Å². The van der Waals surface area contributed by atoms with Gasteiger partial charge in [0.25, 0.3) is 5.88 Å². The van der Waals surface area contributed by atoms with E-state index >= 15 is 0 Å². The molecule has 0 aromatic carbocycles. The van der Waals surface area contributed by atoms with Gasteiger partial charge in [-0.15, -0.1) is 0 Å². The van der Waals surface area contributed by atoms with Crippen LogP contribution in [0.4, 0.5) is 0 Å². The predicted molar refractivity (Wildman–Crippen MR) is 46.5 cm³/mol. The zero-order valence-corrected chi connectivity index (χ0v) is 7.53. The lowest BCUT2D eigenvalue weighted by molar-refractivity contribution is 0.355. The van der Waals surface area contributed by atoms with E-state index in [1.807, 2.05) is 13.8 Å². The summed E-state index contributed by atoms with van der Waals surface area (Å²) in [4.78, 5) is 3.87. The predicted octanol–water partition coefficient (Wildman–Crippen LogP) is 1.92. The van der Waals surface area contributed by atoms with Crippen LogP contribution >= 0.6 is 0 Å². The highest BCUT2D eigenvalue weighted by atomic mass is 16.5. The van der Waals surface area contributed by atoms with E-state index in [0.29, 0.717) is 5.88 Å². The van der Waals surface area contributed by atoms with Crippen LogP contribution in [0.1, 0.15) is 25.3 Å². The molecule has 1 aromatic heterocycles. The summed E-state index contributed by atoms with van der Waals surface area (Å²) in [6, 6.07) is 1.79. The number of pyridine rings is 1. The molecular formula is C9H13NO2. The van der Waals surface area contributed by atoms with E-state index < -0.39 is 0 Å². The molecule has 1 N–H and O–H groups in total. The van der Waals surface area contributed by atoms with Crippen LogP contribution in [-0.2, 0) is 0 Å². The van der Waals surface area contributed by atoms with Crippen LogP contribution in [0.25, 0.3) is 0 Å². The third-order valence-electron chi connectivity index (χ3n) is 1.74. The lowest BCUT2D eigenvalue weighted by Gasteiger charge is -2.09. The smallest absolute Gasteiger partial charge is 0.256 e. The number of ether oxygens (including phenoxy) is 1. The zero-order chi connectivity index (χ0) is 9.14. The number of hydrogen-bond donors (Lipinski definition) is 1. The monoisotopic (exact) mass is 167 g/mol. The normalized spacial score (nSPS) is 10.3. The van der Waals surface area contributed by atoms with Gasteiger partial charge in [0, 0.05) is 11.8 Å². The minimum absolute atomic E-state index is 0.148. The molecule has 0 bridgehead atoms. The summed E-state index contributed by atoms with van der Waals surface area (Å²) in [6.45, 7) is 4.02. The Morgan fingerprint density at radius 2 is 2.17 bits per heavy atom. The summed E-state index contributed by atoms with van der Waals surface area (Å²) >= 11 is 0. The highest BCUT2D eigenvalue weighted by molar-refractivity contribution is 5.41. The summed E-state index contributed by atoms with van der Waals surface area (Å²) in [6.07, 6.45) is 1.63. The Morgan fingerprint density at radius 1 is 1.50 bits per heavy atom. The van der Waals surface area contributed by atoms with Crippen LogP contribution in [0.5, 0.6) is 11.6 Å². The zero-order valence-electron chi connectivity index (χ0n) is 7.53. The van der Waals surface area contributed by atoms with Crippen LogP contribution in [0.2, 0.25) is 0 Å². The second kappa shape index (κ2) is 3.43.